The van der Waals surface area contributed by atoms with Crippen LogP contribution in [0, 0.1) is 0 Å². The standard InChI is InChI=1S/C40H41ClF3N7O5/c1-48-15-14-27(48)24-56-38-45-34-21-30(33(41)20-31(34)37(47-38)49-16-18-50(19-17-49)39(52)53)36-32(40(42,43)44)12-13-35(46-36)51(22-25-4-8-28(54-2)9-5-25)23-26-6-10-29(55-3)11-7-26/h4-13,20-21,27H,14-19,22-24H2,1-3H3,(H,52,53)/t27-/m0/s1. The molecule has 5 aromatic rings. The number of nitrogens with zero attached hydrogens (tertiary/aromatic N) is 7. The highest BCUT2D eigenvalue weighted by atomic mass is 35.5. The van der Waals surface area contributed by atoms with Crippen LogP contribution < -0.4 is 24.0 Å². The number of piperazine rings is 1. The SMILES string of the molecule is COc1ccc(CN(Cc2ccc(OC)cc2)c2ccc(C(F)(F)F)c(-c3cc4nc(OC[C@@H]5CCN5C)nc(N5CCN(C(=O)O)CC5)c4cc3Cl)n2)cc1. The van der Waals surface area contributed by atoms with Gasteiger partial charge in [0.1, 0.15) is 29.7 Å². The Morgan fingerprint density at radius 1 is 0.875 bits per heavy atom. The van der Waals surface area contributed by atoms with Gasteiger partial charge in [0.05, 0.1) is 36.0 Å². The monoisotopic (exact) mass is 791 g/mol. The molecular weight excluding hydrogens is 751 g/mol. The molecule has 1 N–H and O–H groups in total. The Bertz CT molecular complexity index is 2140. The van der Waals surface area contributed by atoms with Gasteiger partial charge in [-0.2, -0.15) is 23.1 Å². The van der Waals surface area contributed by atoms with E-state index in [2.05, 4.69) is 9.88 Å². The van der Waals surface area contributed by atoms with Crippen molar-refractivity contribution in [2.45, 2.75) is 31.7 Å². The number of likely N-dealkylation sites (tertiary alicyclic amines) is 1. The van der Waals surface area contributed by atoms with Crippen LogP contribution in [0.4, 0.5) is 29.6 Å². The van der Waals surface area contributed by atoms with Gasteiger partial charge in [0.2, 0.25) is 0 Å². The number of ether oxygens (including phenoxy) is 3. The molecule has 294 valence electrons. The fourth-order valence-electron chi connectivity index (χ4n) is 6.84. The molecule has 56 heavy (non-hydrogen) atoms. The van der Waals surface area contributed by atoms with Gasteiger partial charge in [-0.3, -0.25) is 4.90 Å². The third-order valence-corrected chi connectivity index (χ3v) is 10.6. The van der Waals surface area contributed by atoms with Crippen molar-refractivity contribution in [2.75, 3.05) is 70.4 Å². The van der Waals surface area contributed by atoms with Gasteiger partial charge in [-0.1, -0.05) is 35.9 Å². The van der Waals surface area contributed by atoms with E-state index in [4.69, 9.17) is 35.8 Å². The molecule has 0 saturated carbocycles. The van der Waals surface area contributed by atoms with Crippen molar-refractivity contribution in [1.29, 1.82) is 0 Å². The number of likely N-dealkylation sites (N-methyl/N-ethyl adjacent to an activating group) is 1. The molecule has 2 saturated heterocycles. The van der Waals surface area contributed by atoms with Gasteiger partial charge in [0, 0.05) is 56.3 Å². The second-order valence-electron chi connectivity index (χ2n) is 13.8. The normalized spacial score (nSPS) is 16.1. The minimum absolute atomic E-state index is 0.0169. The second-order valence-corrected chi connectivity index (χ2v) is 14.2. The molecular formula is C40H41ClF3N7O5. The molecule has 0 aliphatic carbocycles. The first-order chi connectivity index (χ1) is 26.9. The minimum Gasteiger partial charge on any atom is -0.497 e. The van der Waals surface area contributed by atoms with Gasteiger partial charge in [-0.05, 0) is 79.7 Å². The molecule has 2 aliphatic heterocycles. The van der Waals surface area contributed by atoms with Gasteiger partial charge in [-0.25, -0.2) is 9.78 Å². The fraction of sp³-hybridized carbons (Fsp3) is 0.350. The van der Waals surface area contributed by atoms with Gasteiger partial charge in [0.15, 0.2) is 0 Å². The van der Waals surface area contributed by atoms with E-state index >= 15 is 0 Å². The largest absolute Gasteiger partial charge is 0.497 e. The lowest BCUT2D eigenvalue weighted by atomic mass is 10.0. The van der Waals surface area contributed by atoms with Crippen molar-refractivity contribution in [1.82, 2.24) is 24.8 Å². The lowest BCUT2D eigenvalue weighted by molar-refractivity contribution is -0.137. The average molecular weight is 792 g/mol. The molecule has 2 fully saturated rings. The average Bonchev–Trinajstić information content (AvgIpc) is 3.19. The van der Waals surface area contributed by atoms with E-state index in [1.54, 1.807) is 20.3 Å². The lowest BCUT2D eigenvalue weighted by Gasteiger charge is -2.37. The Balaban J connectivity index is 1.32. The van der Waals surface area contributed by atoms with Crippen LogP contribution in [0.5, 0.6) is 17.5 Å². The fourth-order valence-corrected chi connectivity index (χ4v) is 7.09. The number of benzene rings is 3. The number of carbonyl (C=O) groups is 1. The summed E-state index contributed by atoms with van der Waals surface area (Å²) in [5, 5.41) is 10.0. The van der Waals surface area contributed by atoms with Crippen LogP contribution in [0.2, 0.25) is 5.02 Å². The third-order valence-electron chi connectivity index (χ3n) is 10.3. The number of hydrogen-bond donors (Lipinski definition) is 1. The van der Waals surface area contributed by atoms with Crippen LogP contribution in [0.25, 0.3) is 22.2 Å². The van der Waals surface area contributed by atoms with Crippen LogP contribution in [-0.2, 0) is 19.3 Å². The smallest absolute Gasteiger partial charge is 0.418 e. The lowest BCUT2D eigenvalue weighted by Crippen LogP contribution is -2.49. The van der Waals surface area contributed by atoms with Crippen molar-refractivity contribution in [2.24, 2.45) is 0 Å². The predicted molar refractivity (Wildman–Crippen MR) is 207 cm³/mol. The first kappa shape index (κ1) is 38.7. The van der Waals surface area contributed by atoms with Crippen LogP contribution in [0.1, 0.15) is 23.1 Å². The maximum atomic E-state index is 14.8. The zero-order chi connectivity index (χ0) is 39.6. The summed E-state index contributed by atoms with van der Waals surface area (Å²) in [6.45, 7) is 3.07. The molecule has 0 radical (unpaired) electrons. The Hall–Kier alpha value is -5.54. The van der Waals surface area contributed by atoms with Crippen LogP contribution in [0.15, 0.2) is 72.8 Å². The second kappa shape index (κ2) is 16.3. The number of halogens is 4. The number of aromatic nitrogens is 3. The van der Waals surface area contributed by atoms with Crippen molar-refractivity contribution in [3.8, 4) is 28.8 Å². The molecule has 4 heterocycles. The summed E-state index contributed by atoms with van der Waals surface area (Å²) in [6.07, 6.45) is -4.83. The zero-order valence-electron chi connectivity index (χ0n) is 31.1. The van der Waals surface area contributed by atoms with Crippen molar-refractivity contribution in [3.05, 3.63) is 94.5 Å². The minimum atomic E-state index is -4.76. The van der Waals surface area contributed by atoms with E-state index in [9.17, 15) is 23.1 Å². The number of amides is 1. The quantitative estimate of drug-likeness (QED) is 0.136. The number of alkyl halides is 3. The van der Waals surface area contributed by atoms with Crippen LogP contribution in [0.3, 0.4) is 0 Å². The van der Waals surface area contributed by atoms with E-state index in [1.165, 1.54) is 17.0 Å². The van der Waals surface area contributed by atoms with Gasteiger partial charge >= 0.3 is 18.3 Å². The molecule has 1 amide bonds. The summed E-state index contributed by atoms with van der Waals surface area (Å²) in [6, 6.07) is 20.6. The van der Waals surface area contributed by atoms with E-state index < -0.39 is 17.8 Å². The van der Waals surface area contributed by atoms with Crippen molar-refractivity contribution >= 4 is 40.2 Å². The highest BCUT2D eigenvalue weighted by Gasteiger charge is 2.36. The molecule has 2 aromatic heterocycles. The van der Waals surface area contributed by atoms with Crippen molar-refractivity contribution < 1.29 is 37.3 Å². The molecule has 7 rings (SSSR count). The molecule has 16 heteroatoms. The summed E-state index contributed by atoms with van der Waals surface area (Å²) < 4.78 is 61.2. The number of rotatable bonds is 12. The van der Waals surface area contributed by atoms with Crippen LogP contribution in [-0.4, -0.2) is 103 Å². The maximum absolute atomic E-state index is 14.8. The molecule has 3 aromatic carbocycles. The summed E-state index contributed by atoms with van der Waals surface area (Å²) in [7, 11) is 5.15. The van der Waals surface area contributed by atoms with Gasteiger partial charge in [-0.15, -0.1) is 0 Å². The summed E-state index contributed by atoms with van der Waals surface area (Å²) in [5.74, 6) is 2.10. The molecule has 2 aliphatic rings. The van der Waals surface area contributed by atoms with Gasteiger partial charge in [0.25, 0.3) is 0 Å². The molecule has 1 atom stereocenters. The summed E-state index contributed by atoms with van der Waals surface area (Å²) in [4.78, 5) is 33.0. The number of pyridine rings is 1. The first-order valence-electron chi connectivity index (χ1n) is 18.1. The highest BCUT2D eigenvalue weighted by Crippen LogP contribution is 2.42. The Labute approximate surface area is 327 Å². The van der Waals surface area contributed by atoms with Crippen LogP contribution >= 0.6 is 11.6 Å². The molecule has 0 bridgehead atoms. The first-order valence-corrected chi connectivity index (χ1v) is 18.4. The molecule has 0 spiro atoms. The molecule has 12 nitrogen and oxygen atoms in total. The zero-order valence-corrected chi connectivity index (χ0v) is 31.8. The Morgan fingerprint density at radius 3 is 2.02 bits per heavy atom. The Morgan fingerprint density at radius 2 is 1.50 bits per heavy atom. The number of hydrogen-bond acceptors (Lipinski definition) is 10. The van der Waals surface area contributed by atoms with E-state index in [-0.39, 0.29) is 41.4 Å². The summed E-state index contributed by atoms with van der Waals surface area (Å²) in [5.41, 5.74) is 0.804. The topological polar surface area (TPSA) is 117 Å². The Kier molecular flexibility index (Phi) is 11.3. The van der Waals surface area contributed by atoms with E-state index in [0.717, 1.165) is 30.2 Å². The maximum Gasteiger partial charge on any atom is 0.418 e. The van der Waals surface area contributed by atoms with E-state index in [0.29, 0.717) is 66.8 Å². The van der Waals surface area contributed by atoms with Gasteiger partial charge < -0.3 is 34.0 Å². The number of anilines is 2. The van der Waals surface area contributed by atoms with E-state index in [1.807, 2.05) is 65.4 Å². The van der Waals surface area contributed by atoms with Crippen molar-refractivity contribution in [3.63, 3.8) is 0 Å². The summed E-state index contributed by atoms with van der Waals surface area (Å²) >= 11 is 6.93. The number of carboxylic acid groups (broad SMARTS) is 1. The third kappa shape index (κ3) is 8.48. The highest BCUT2D eigenvalue weighted by molar-refractivity contribution is 6.34. The predicted octanol–water partition coefficient (Wildman–Crippen LogP) is 7.47. The molecule has 0 unspecified atom stereocenters. The number of methoxy groups -OCH3 is 2. The number of fused-ring (bicyclic) bond motifs is 1.